The first-order valence-electron chi connectivity index (χ1n) is 6.81. The van der Waals surface area contributed by atoms with Crippen LogP contribution in [0.4, 0.5) is 0 Å². The number of isocyanates is 3. The zero-order valence-corrected chi connectivity index (χ0v) is 13.0. The maximum Gasteiger partial charge on any atom is 0.235 e. The quantitative estimate of drug-likeness (QED) is 0.597. The Morgan fingerprint density at radius 3 is 1.50 bits per heavy atom. The lowest BCUT2D eigenvalue weighted by molar-refractivity contribution is 0.559. The molecular formula is C16H17N3O3. The van der Waals surface area contributed by atoms with Gasteiger partial charge in [0.1, 0.15) is 0 Å². The summed E-state index contributed by atoms with van der Waals surface area (Å²) in [6, 6.07) is 2.50. The zero-order valence-electron chi connectivity index (χ0n) is 13.0. The second-order valence-electron chi connectivity index (χ2n) is 5.01. The first-order chi connectivity index (χ1) is 10.5. The van der Waals surface area contributed by atoms with Crippen LogP contribution in [0.15, 0.2) is 27.1 Å². The average molecular weight is 299 g/mol. The standard InChI is InChI=1S/C16H17N3O3/c1-10-15(12(3)18-8-21)5-14(11(2)17-7-20)6-16(10)13(4)19-9-22/h5-6,11-13H,1-4H3. The molecule has 0 bridgehead atoms. The summed E-state index contributed by atoms with van der Waals surface area (Å²) in [5, 5.41) is 0. The molecule has 114 valence electrons. The molecule has 1 aromatic carbocycles. The lowest BCUT2D eigenvalue weighted by Gasteiger charge is -2.19. The second-order valence-corrected chi connectivity index (χ2v) is 5.01. The van der Waals surface area contributed by atoms with Crippen molar-refractivity contribution in [2.45, 2.75) is 45.8 Å². The molecule has 0 N–H and O–H groups in total. The predicted molar refractivity (Wildman–Crippen MR) is 80.8 cm³/mol. The minimum Gasteiger partial charge on any atom is -0.211 e. The van der Waals surface area contributed by atoms with Crippen molar-refractivity contribution in [1.29, 1.82) is 0 Å². The second kappa shape index (κ2) is 7.96. The molecule has 0 saturated heterocycles. The van der Waals surface area contributed by atoms with Crippen LogP contribution < -0.4 is 0 Å². The van der Waals surface area contributed by atoms with Gasteiger partial charge in [-0.25, -0.2) is 14.4 Å². The van der Waals surface area contributed by atoms with Gasteiger partial charge in [0.05, 0.1) is 18.1 Å². The summed E-state index contributed by atoms with van der Waals surface area (Å²) in [6.45, 7) is 7.16. The first-order valence-corrected chi connectivity index (χ1v) is 6.81. The Morgan fingerprint density at radius 2 is 1.14 bits per heavy atom. The third kappa shape index (κ3) is 3.94. The molecule has 0 aliphatic rings. The summed E-state index contributed by atoms with van der Waals surface area (Å²) in [5.74, 6) is 0. The number of rotatable bonds is 6. The molecule has 0 aromatic heterocycles. The normalized spacial score (nSPS) is 13.8. The molecule has 0 aliphatic heterocycles. The molecule has 0 spiro atoms. The van der Waals surface area contributed by atoms with E-state index in [0.717, 1.165) is 22.3 Å². The number of hydrogen-bond acceptors (Lipinski definition) is 6. The van der Waals surface area contributed by atoms with Crippen molar-refractivity contribution in [2.24, 2.45) is 15.0 Å². The summed E-state index contributed by atoms with van der Waals surface area (Å²) >= 11 is 0. The van der Waals surface area contributed by atoms with E-state index in [2.05, 4.69) is 15.0 Å². The third-order valence-corrected chi connectivity index (χ3v) is 3.63. The highest BCUT2D eigenvalue weighted by molar-refractivity contribution is 5.46. The maximum absolute atomic E-state index is 10.5. The van der Waals surface area contributed by atoms with E-state index in [1.807, 2.05) is 19.1 Å². The maximum atomic E-state index is 10.5. The largest absolute Gasteiger partial charge is 0.235 e. The van der Waals surface area contributed by atoms with Crippen LogP contribution in [-0.4, -0.2) is 18.2 Å². The Labute approximate surface area is 128 Å². The Hall–Kier alpha value is -2.64. The fourth-order valence-corrected chi connectivity index (χ4v) is 2.34. The molecule has 3 unspecified atom stereocenters. The minimum atomic E-state index is -0.393. The molecule has 0 radical (unpaired) electrons. The van der Waals surface area contributed by atoms with Crippen molar-refractivity contribution in [1.82, 2.24) is 0 Å². The van der Waals surface area contributed by atoms with Crippen molar-refractivity contribution in [3.63, 3.8) is 0 Å². The Kier molecular flexibility index (Phi) is 6.30. The van der Waals surface area contributed by atoms with Gasteiger partial charge in [-0.05, 0) is 49.9 Å². The number of carbonyl (C=O) groups excluding carboxylic acids is 3. The van der Waals surface area contributed by atoms with Crippen LogP contribution in [0.2, 0.25) is 0 Å². The lowest BCUT2D eigenvalue weighted by atomic mass is 9.90. The highest BCUT2D eigenvalue weighted by Gasteiger charge is 2.18. The summed E-state index contributed by atoms with van der Waals surface area (Å²) in [7, 11) is 0. The van der Waals surface area contributed by atoms with Crippen molar-refractivity contribution in [3.05, 3.63) is 34.4 Å². The zero-order chi connectivity index (χ0) is 16.7. The Morgan fingerprint density at radius 1 is 0.773 bits per heavy atom. The summed E-state index contributed by atoms with van der Waals surface area (Å²) < 4.78 is 0. The molecular weight excluding hydrogens is 282 g/mol. The molecule has 6 nitrogen and oxygen atoms in total. The van der Waals surface area contributed by atoms with Crippen molar-refractivity contribution in [3.8, 4) is 0 Å². The van der Waals surface area contributed by atoms with E-state index < -0.39 is 18.1 Å². The van der Waals surface area contributed by atoms with E-state index >= 15 is 0 Å². The van der Waals surface area contributed by atoms with Gasteiger partial charge in [-0.1, -0.05) is 12.1 Å². The third-order valence-electron chi connectivity index (χ3n) is 3.63. The van der Waals surface area contributed by atoms with Crippen LogP contribution in [0.1, 0.15) is 61.2 Å². The smallest absolute Gasteiger partial charge is 0.211 e. The molecule has 0 aliphatic carbocycles. The average Bonchev–Trinajstić information content (AvgIpc) is 2.48. The summed E-state index contributed by atoms with van der Waals surface area (Å²) in [4.78, 5) is 42.6. The fraction of sp³-hybridized carbons (Fsp3) is 0.438. The van der Waals surface area contributed by atoms with Gasteiger partial charge in [0, 0.05) is 0 Å². The highest BCUT2D eigenvalue weighted by atomic mass is 16.1. The van der Waals surface area contributed by atoms with Gasteiger partial charge >= 0.3 is 0 Å². The van der Waals surface area contributed by atoms with E-state index in [4.69, 9.17) is 0 Å². The van der Waals surface area contributed by atoms with Gasteiger partial charge in [0.15, 0.2) is 0 Å². The number of benzene rings is 1. The van der Waals surface area contributed by atoms with Crippen LogP contribution in [0.25, 0.3) is 0 Å². The summed E-state index contributed by atoms with van der Waals surface area (Å²) in [5.41, 5.74) is 3.25. The van der Waals surface area contributed by atoms with Gasteiger partial charge in [-0.15, -0.1) is 0 Å². The number of hydrogen-bond donors (Lipinski definition) is 0. The predicted octanol–water partition coefficient (Wildman–Crippen LogP) is 3.19. The highest BCUT2D eigenvalue weighted by Crippen LogP contribution is 2.32. The molecule has 22 heavy (non-hydrogen) atoms. The van der Waals surface area contributed by atoms with E-state index in [1.165, 1.54) is 6.08 Å². The molecule has 6 heteroatoms. The van der Waals surface area contributed by atoms with Gasteiger partial charge in [0.2, 0.25) is 18.2 Å². The van der Waals surface area contributed by atoms with E-state index in [-0.39, 0.29) is 0 Å². The van der Waals surface area contributed by atoms with Crippen molar-refractivity contribution in [2.75, 3.05) is 0 Å². The molecule has 0 saturated carbocycles. The topological polar surface area (TPSA) is 88.3 Å². The van der Waals surface area contributed by atoms with Crippen LogP contribution in [0.5, 0.6) is 0 Å². The van der Waals surface area contributed by atoms with Crippen LogP contribution in [0, 0.1) is 6.92 Å². The minimum absolute atomic E-state index is 0.393. The van der Waals surface area contributed by atoms with Gasteiger partial charge in [-0.2, -0.15) is 15.0 Å². The van der Waals surface area contributed by atoms with Crippen LogP contribution in [0.3, 0.4) is 0 Å². The van der Waals surface area contributed by atoms with Gasteiger partial charge < -0.3 is 0 Å². The molecule has 0 amide bonds. The van der Waals surface area contributed by atoms with E-state index in [9.17, 15) is 14.4 Å². The monoisotopic (exact) mass is 299 g/mol. The first kappa shape index (κ1) is 17.4. The fourth-order valence-electron chi connectivity index (χ4n) is 2.34. The molecule has 0 fully saturated rings. The molecule has 1 aromatic rings. The number of aliphatic imine (C=N–C) groups is 3. The van der Waals surface area contributed by atoms with Crippen LogP contribution in [-0.2, 0) is 14.4 Å². The van der Waals surface area contributed by atoms with Crippen LogP contribution >= 0.6 is 0 Å². The van der Waals surface area contributed by atoms with Gasteiger partial charge in [0.25, 0.3) is 0 Å². The Bertz CT molecular complexity index is 650. The SMILES string of the molecule is Cc1c(C(C)N=C=O)cc(C(C)N=C=O)cc1C(C)N=C=O. The molecule has 3 atom stereocenters. The Balaban J connectivity index is 3.58. The van der Waals surface area contributed by atoms with E-state index in [0.29, 0.717) is 0 Å². The molecule has 0 heterocycles. The number of nitrogens with zero attached hydrogens (tertiary/aromatic N) is 3. The molecule has 1 rings (SSSR count). The van der Waals surface area contributed by atoms with E-state index in [1.54, 1.807) is 32.9 Å². The van der Waals surface area contributed by atoms with Gasteiger partial charge in [-0.3, -0.25) is 0 Å². The van der Waals surface area contributed by atoms with Crippen molar-refractivity contribution < 1.29 is 14.4 Å². The van der Waals surface area contributed by atoms with Crippen molar-refractivity contribution >= 4 is 18.2 Å². The lowest BCUT2D eigenvalue weighted by Crippen LogP contribution is -2.04. The summed E-state index contributed by atoms with van der Waals surface area (Å²) in [6.07, 6.45) is 4.62.